The normalized spacial score (nSPS) is 29.4. The third kappa shape index (κ3) is 4.58. The molecule has 2 saturated heterocycles. The summed E-state index contributed by atoms with van der Waals surface area (Å²) >= 11 is 0. The van der Waals surface area contributed by atoms with Crippen molar-refractivity contribution in [1.29, 1.82) is 0 Å². The SMILES string of the molecule is CC(C)(C)OC(=O)N1C[C@H](OC2CCCCO2)C[C@H]1C(=O)O. The fraction of sp³-hybridized carbons (Fsp3) is 0.867. The molecule has 2 aliphatic heterocycles. The van der Waals surface area contributed by atoms with Crippen LogP contribution < -0.4 is 0 Å². The van der Waals surface area contributed by atoms with Crippen LogP contribution in [0.3, 0.4) is 0 Å². The molecule has 7 nitrogen and oxygen atoms in total. The second kappa shape index (κ2) is 6.83. The van der Waals surface area contributed by atoms with E-state index >= 15 is 0 Å². The molecule has 1 unspecified atom stereocenters. The zero-order valence-corrected chi connectivity index (χ0v) is 13.4. The van der Waals surface area contributed by atoms with Gasteiger partial charge in [0.15, 0.2) is 6.29 Å². The van der Waals surface area contributed by atoms with E-state index < -0.39 is 23.7 Å². The lowest BCUT2D eigenvalue weighted by atomic mass is 10.2. The van der Waals surface area contributed by atoms with Crippen LogP contribution in [0.15, 0.2) is 0 Å². The number of carboxylic acid groups (broad SMARTS) is 1. The molecule has 0 aromatic heterocycles. The van der Waals surface area contributed by atoms with Crippen molar-refractivity contribution >= 4 is 12.1 Å². The summed E-state index contributed by atoms with van der Waals surface area (Å²) in [6.45, 7) is 6.13. The van der Waals surface area contributed by atoms with Crippen LogP contribution in [-0.2, 0) is 19.0 Å². The van der Waals surface area contributed by atoms with Crippen molar-refractivity contribution in [3.63, 3.8) is 0 Å². The van der Waals surface area contributed by atoms with E-state index in [1.165, 1.54) is 4.90 Å². The second-order valence-electron chi connectivity index (χ2n) is 6.78. The predicted molar refractivity (Wildman–Crippen MR) is 77.4 cm³/mol. The first kappa shape index (κ1) is 17.0. The van der Waals surface area contributed by atoms with E-state index in [1.807, 2.05) is 0 Å². The van der Waals surface area contributed by atoms with Gasteiger partial charge >= 0.3 is 12.1 Å². The van der Waals surface area contributed by atoms with Crippen LogP contribution in [0.4, 0.5) is 4.79 Å². The van der Waals surface area contributed by atoms with Crippen LogP contribution in [-0.4, -0.2) is 59.3 Å². The van der Waals surface area contributed by atoms with Crippen LogP contribution in [0.25, 0.3) is 0 Å². The molecule has 0 bridgehead atoms. The zero-order chi connectivity index (χ0) is 16.3. The summed E-state index contributed by atoms with van der Waals surface area (Å²) < 4.78 is 16.6. The Labute approximate surface area is 130 Å². The number of hydrogen-bond acceptors (Lipinski definition) is 5. The molecule has 2 rings (SSSR count). The molecule has 22 heavy (non-hydrogen) atoms. The molecule has 126 valence electrons. The molecule has 2 aliphatic rings. The summed E-state index contributed by atoms with van der Waals surface area (Å²) in [5.41, 5.74) is -0.661. The number of rotatable bonds is 3. The van der Waals surface area contributed by atoms with Crippen LogP contribution >= 0.6 is 0 Å². The summed E-state index contributed by atoms with van der Waals surface area (Å²) in [6, 6.07) is -0.913. The molecule has 2 heterocycles. The minimum absolute atomic E-state index is 0.214. The van der Waals surface area contributed by atoms with Crippen molar-refractivity contribution in [1.82, 2.24) is 4.90 Å². The van der Waals surface area contributed by atoms with Crippen molar-refractivity contribution in [3.05, 3.63) is 0 Å². The highest BCUT2D eigenvalue weighted by Gasteiger charge is 2.43. The Hall–Kier alpha value is -1.34. The average Bonchev–Trinajstić information content (AvgIpc) is 2.82. The fourth-order valence-electron chi connectivity index (χ4n) is 2.69. The molecule has 1 amide bonds. The fourth-order valence-corrected chi connectivity index (χ4v) is 2.69. The molecule has 1 N–H and O–H groups in total. The minimum Gasteiger partial charge on any atom is -0.480 e. The van der Waals surface area contributed by atoms with Gasteiger partial charge in [0.1, 0.15) is 11.6 Å². The Morgan fingerprint density at radius 3 is 2.55 bits per heavy atom. The first-order valence-electron chi connectivity index (χ1n) is 7.76. The predicted octanol–water partition coefficient (Wildman–Crippen LogP) is 1.99. The van der Waals surface area contributed by atoms with E-state index in [4.69, 9.17) is 14.2 Å². The van der Waals surface area contributed by atoms with Gasteiger partial charge in [-0.25, -0.2) is 9.59 Å². The van der Waals surface area contributed by atoms with Crippen molar-refractivity contribution in [2.75, 3.05) is 13.2 Å². The van der Waals surface area contributed by atoms with Gasteiger partial charge in [-0.3, -0.25) is 4.90 Å². The number of amides is 1. The highest BCUT2D eigenvalue weighted by atomic mass is 16.7. The van der Waals surface area contributed by atoms with Gasteiger partial charge in [0.05, 0.1) is 12.6 Å². The Morgan fingerprint density at radius 1 is 1.27 bits per heavy atom. The van der Waals surface area contributed by atoms with Crippen LogP contribution in [0.1, 0.15) is 46.5 Å². The molecule has 3 atom stereocenters. The summed E-state index contributed by atoms with van der Waals surface area (Å²) in [6.07, 6.45) is 1.87. The van der Waals surface area contributed by atoms with Crippen LogP contribution in [0, 0.1) is 0 Å². The number of carboxylic acids is 1. The molecule has 0 radical (unpaired) electrons. The summed E-state index contributed by atoms with van der Waals surface area (Å²) in [7, 11) is 0. The highest BCUT2D eigenvalue weighted by molar-refractivity contribution is 5.81. The Balaban J connectivity index is 1.96. The lowest BCUT2D eigenvalue weighted by Crippen LogP contribution is -2.43. The van der Waals surface area contributed by atoms with E-state index in [-0.39, 0.29) is 25.4 Å². The van der Waals surface area contributed by atoms with Crippen molar-refractivity contribution in [2.45, 2.75) is 70.5 Å². The third-order valence-electron chi connectivity index (χ3n) is 3.66. The lowest BCUT2D eigenvalue weighted by Gasteiger charge is -2.27. The standard InChI is InChI=1S/C15H25NO6/c1-15(2,3)22-14(19)16-9-10(8-11(16)13(17)18)21-12-6-4-5-7-20-12/h10-12H,4-9H2,1-3H3,(H,17,18)/t10-,11+,12?/m1/s1. The van der Waals surface area contributed by atoms with Gasteiger partial charge in [-0.15, -0.1) is 0 Å². The van der Waals surface area contributed by atoms with E-state index in [0.717, 1.165) is 19.3 Å². The van der Waals surface area contributed by atoms with E-state index in [0.29, 0.717) is 6.61 Å². The number of likely N-dealkylation sites (tertiary alicyclic amines) is 1. The molecule has 0 aromatic carbocycles. The number of hydrogen-bond donors (Lipinski definition) is 1. The molecule has 0 spiro atoms. The maximum Gasteiger partial charge on any atom is 0.411 e. The summed E-state index contributed by atoms with van der Waals surface area (Å²) in [4.78, 5) is 24.8. The van der Waals surface area contributed by atoms with Crippen molar-refractivity contribution < 1.29 is 28.9 Å². The van der Waals surface area contributed by atoms with Gasteiger partial charge in [0.2, 0.25) is 0 Å². The van der Waals surface area contributed by atoms with Gasteiger partial charge in [-0.1, -0.05) is 0 Å². The van der Waals surface area contributed by atoms with Gasteiger partial charge in [-0.05, 0) is 40.0 Å². The Kier molecular flexibility index (Phi) is 5.28. The molecular weight excluding hydrogens is 290 g/mol. The average molecular weight is 315 g/mol. The summed E-state index contributed by atoms with van der Waals surface area (Å²) in [5, 5.41) is 9.32. The molecule has 2 fully saturated rings. The maximum absolute atomic E-state index is 12.2. The Morgan fingerprint density at radius 2 is 2.00 bits per heavy atom. The second-order valence-corrected chi connectivity index (χ2v) is 6.78. The van der Waals surface area contributed by atoms with E-state index in [2.05, 4.69) is 0 Å². The van der Waals surface area contributed by atoms with Crippen LogP contribution in [0.5, 0.6) is 0 Å². The minimum atomic E-state index is -1.04. The lowest BCUT2D eigenvalue weighted by molar-refractivity contribution is -0.185. The van der Waals surface area contributed by atoms with E-state index in [1.54, 1.807) is 20.8 Å². The monoisotopic (exact) mass is 315 g/mol. The number of aliphatic carboxylic acids is 1. The zero-order valence-electron chi connectivity index (χ0n) is 13.4. The number of carbonyl (C=O) groups is 2. The van der Waals surface area contributed by atoms with Gasteiger partial charge in [0, 0.05) is 13.0 Å². The number of ether oxygens (including phenoxy) is 3. The largest absolute Gasteiger partial charge is 0.480 e. The number of nitrogens with zero attached hydrogens (tertiary/aromatic N) is 1. The van der Waals surface area contributed by atoms with Crippen LogP contribution in [0.2, 0.25) is 0 Å². The quantitative estimate of drug-likeness (QED) is 0.857. The van der Waals surface area contributed by atoms with Gasteiger partial charge < -0.3 is 19.3 Å². The first-order valence-corrected chi connectivity index (χ1v) is 7.76. The number of carbonyl (C=O) groups excluding carboxylic acids is 1. The molecule has 0 saturated carbocycles. The van der Waals surface area contributed by atoms with Crippen molar-refractivity contribution in [2.24, 2.45) is 0 Å². The third-order valence-corrected chi connectivity index (χ3v) is 3.66. The topological polar surface area (TPSA) is 85.3 Å². The first-order chi connectivity index (χ1) is 10.3. The maximum atomic E-state index is 12.2. The van der Waals surface area contributed by atoms with Crippen molar-refractivity contribution in [3.8, 4) is 0 Å². The highest BCUT2D eigenvalue weighted by Crippen LogP contribution is 2.26. The van der Waals surface area contributed by atoms with Gasteiger partial charge in [-0.2, -0.15) is 0 Å². The Bertz CT molecular complexity index is 413. The van der Waals surface area contributed by atoms with Gasteiger partial charge in [0.25, 0.3) is 0 Å². The smallest absolute Gasteiger partial charge is 0.411 e. The molecule has 0 aromatic rings. The van der Waals surface area contributed by atoms with E-state index in [9.17, 15) is 14.7 Å². The molecular formula is C15H25NO6. The summed E-state index contributed by atoms with van der Waals surface area (Å²) in [5.74, 6) is -1.04. The molecule has 0 aliphatic carbocycles. The molecule has 7 heteroatoms.